The summed E-state index contributed by atoms with van der Waals surface area (Å²) in [5.74, 6) is -0.488. The predicted molar refractivity (Wildman–Crippen MR) is 44.2 cm³/mol. The zero-order chi connectivity index (χ0) is 9.35. The van der Waals surface area contributed by atoms with E-state index in [2.05, 4.69) is 0 Å². The molecule has 0 amide bonds. The van der Waals surface area contributed by atoms with Crippen LogP contribution in [0.3, 0.4) is 0 Å². The van der Waals surface area contributed by atoms with E-state index in [0.717, 1.165) is 12.3 Å². The molecule has 0 N–H and O–H groups in total. The molecule has 0 heterocycles. The first-order valence-corrected chi connectivity index (χ1v) is 5.26. The first-order valence-electron chi connectivity index (χ1n) is 3.37. The molecule has 1 aromatic carbocycles. The Kier molecular flexibility index (Phi) is 2.19. The molecule has 0 saturated heterocycles. The monoisotopic (exact) mass is 188 g/mol. The van der Waals surface area contributed by atoms with Crippen molar-refractivity contribution in [2.24, 2.45) is 0 Å². The number of hydrogen-bond donors (Lipinski definition) is 0. The van der Waals surface area contributed by atoms with Crippen LogP contribution in [0.25, 0.3) is 0 Å². The van der Waals surface area contributed by atoms with Gasteiger partial charge in [0.1, 0.15) is 5.82 Å². The molecule has 0 atom stereocenters. The number of hydrogen-bond acceptors (Lipinski definition) is 2. The molecule has 0 unspecified atom stereocenters. The van der Waals surface area contributed by atoms with Crippen molar-refractivity contribution in [3.63, 3.8) is 0 Å². The van der Waals surface area contributed by atoms with Crippen LogP contribution < -0.4 is 0 Å². The van der Waals surface area contributed by atoms with E-state index in [4.69, 9.17) is 0 Å². The van der Waals surface area contributed by atoms with Crippen LogP contribution >= 0.6 is 0 Å². The van der Waals surface area contributed by atoms with Crippen LogP contribution in [0.15, 0.2) is 23.1 Å². The van der Waals surface area contributed by atoms with Gasteiger partial charge in [0.2, 0.25) is 0 Å². The fourth-order valence-electron chi connectivity index (χ4n) is 0.804. The van der Waals surface area contributed by atoms with Crippen molar-refractivity contribution in [1.29, 1.82) is 0 Å². The highest BCUT2D eigenvalue weighted by atomic mass is 32.2. The molecule has 0 aliphatic rings. The van der Waals surface area contributed by atoms with Crippen molar-refractivity contribution in [1.82, 2.24) is 0 Å². The van der Waals surface area contributed by atoms with Crippen LogP contribution in [-0.4, -0.2) is 14.7 Å². The molecule has 0 spiro atoms. The molecular weight excluding hydrogens is 179 g/mol. The zero-order valence-electron chi connectivity index (χ0n) is 6.83. The number of halogens is 1. The minimum Gasteiger partial charge on any atom is -0.224 e. The van der Waals surface area contributed by atoms with E-state index < -0.39 is 15.7 Å². The second-order valence-corrected chi connectivity index (χ2v) is 4.70. The lowest BCUT2D eigenvalue weighted by molar-refractivity contribution is 0.593. The Bertz CT molecular complexity index is 396. The average Bonchev–Trinajstić information content (AvgIpc) is 1.92. The lowest BCUT2D eigenvalue weighted by Gasteiger charge is -1.99. The van der Waals surface area contributed by atoms with Crippen LogP contribution in [0.1, 0.15) is 5.56 Å². The van der Waals surface area contributed by atoms with E-state index in [9.17, 15) is 12.8 Å². The van der Waals surface area contributed by atoms with Crippen LogP contribution in [0.4, 0.5) is 4.39 Å². The van der Waals surface area contributed by atoms with E-state index in [-0.39, 0.29) is 4.90 Å². The summed E-state index contributed by atoms with van der Waals surface area (Å²) >= 11 is 0. The lowest BCUT2D eigenvalue weighted by Crippen LogP contribution is -1.98. The summed E-state index contributed by atoms with van der Waals surface area (Å²) in [5, 5.41) is 0. The molecule has 0 aliphatic heterocycles. The predicted octanol–water partition coefficient (Wildman–Crippen LogP) is 1.54. The Morgan fingerprint density at radius 3 is 2.33 bits per heavy atom. The van der Waals surface area contributed by atoms with Gasteiger partial charge in [0, 0.05) is 6.26 Å². The summed E-state index contributed by atoms with van der Waals surface area (Å²) in [6, 6.07) is 3.88. The van der Waals surface area contributed by atoms with Gasteiger partial charge in [0.05, 0.1) is 4.90 Å². The topological polar surface area (TPSA) is 34.1 Å². The largest absolute Gasteiger partial charge is 0.224 e. The van der Waals surface area contributed by atoms with Crippen LogP contribution in [0, 0.1) is 12.7 Å². The third kappa shape index (κ3) is 1.82. The van der Waals surface area contributed by atoms with Crippen LogP contribution in [0.2, 0.25) is 0 Å². The maximum absolute atomic E-state index is 12.8. The number of rotatable bonds is 1. The van der Waals surface area contributed by atoms with Gasteiger partial charge in [-0.15, -0.1) is 0 Å². The highest BCUT2D eigenvalue weighted by Crippen LogP contribution is 2.13. The normalized spacial score (nSPS) is 11.6. The minimum atomic E-state index is -3.28. The molecule has 0 saturated carbocycles. The fourth-order valence-corrected chi connectivity index (χ4v) is 1.44. The Morgan fingerprint density at radius 2 is 1.92 bits per heavy atom. The van der Waals surface area contributed by atoms with Gasteiger partial charge in [0.25, 0.3) is 0 Å². The summed E-state index contributed by atoms with van der Waals surface area (Å²) in [7, 11) is -3.28. The molecule has 2 nitrogen and oxygen atoms in total. The van der Waals surface area contributed by atoms with Gasteiger partial charge in [0.15, 0.2) is 9.84 Å². The third-order valence-corrected chi connectivity index (χ3v) is 2.68. The molecule has 1 rings (SSSR count). The molecular formula is C8H9FO2S. The molecule has 0 bridgehead atoms. The number of benzene rings is 1. The number of sulfone groups is 1. The van der Waals surface area contributed by atoms with E-state index >= 15 is 0 Å². The van der Waals surface area contributed by atoms with Crippen LogP contribution in [0.5, 0.6) is 0 Å². The summed E-state index contributed by atoms with van der Waals surface area (Å²) in [5.41, 5.74) is 0.447. The molecule has 12 heavy (non-hydrogen) atoms. The zero-order valence-corrected chi connectivity index (χ0v) is 7.65. The maximum atomic E-state index is 12.8. The SMILES string of the molecule is Cc1ccc(S(C)(=O)=O)cc1F. The lowest BCUT2D eigenvalue weighted by atomic mass is 10.2. The Labute approximate surface area is 71.0 Å². The van der Waals surface area contributed by atoms with E-state index in [1.165, 1.54) is 12.1 Å². The molecule has 0 aliphatic carbocycles. The van der Waals surface area contributed by atoms with Crippen molar-refractivity contribution in [3.05, 3.63) is 29.6 Å². The van der Waals surface area contributed by atoms with Crippen LogP contribution in [-0.2, 0) is 9.84 Å². The summed E-state index contributed by atoms with van der Waals surface area (Å²) in [4.78, 5) is 0.0191. The van der Waals surface area contributed by atoms with E-state index in [0.29, 0.717) is 5.56 Å². The Balaban J connectivity index is 3.33. The molecule has 0 aromatic heterocycles. The van der Waals surface area contributed by atoms with Gasteiger partial charge in [-0.1, -0.05) is 6.07 Å². The van der Waals surface area contributed by atoms with Crippen molar-refractivity contribution in [3.8, 4) is 0 Å². The second-order valence-electron chi connectivity index (χ2n) is 2.68. The first-order chi connectivity index (χ1) is 5.41. The van der Waals surface area contributed by atoms with Crippen molar-refractivity contribution in [2.75, 3.05) is 6.26 Å². The molecule has 4 heteroatoms. The molecule has 0 fully saturated rings. The van der Waals surface area contributed by atoms with Gasteiger partial charge in [-0.2, -0.15) is 0 Å². The maximum Gasteiger partial charge on any atom is 0.175 e. The molecule has 1 aromatic rings. The van der Waals surface area contributed by atoms with Gasteiger partial charge < -0.3 is 0 Å². The Morgan fingerprint density at radius 1 is 1.33 bits per heavy atom. The second kappa shape index (κ2) is 2.86. The molecule has 66 valence electrons. The smallest absolute Gasteiger partial charge is 0.175 e. The summed E-state index contributed by atoms with van der Waals surface area (Å²) in [6.45, 7) is 1.58. The van der Waals surface area contributed by atoms with Gasteiger partial charge in [-0.25, -0.2) is 12.8 Å². The standard InChI is InChI=1S/C8H9FO2S/c1-6-3-4-7(5-8(6)9)12(2,10)11/h3-5H,1-2H3. The van der Waals surface area contributed by atoms with Crippen molar-refractivity contribution in [2.45, 2.75) is 11.8 Å². The quantitative estimate of drug-likeness (QED) is 0.670. The average molecular weight is 188 g/mol. The fraction of sp³-hybridized carbons (Fsp3) is 0.250. The first kappa shape index (κ1) is 9.19. The minimum absolute atomic E-state index is 0.0191. The van der Waals surface area contributed by atoms with Gasteiger partial charge in [-0.3, -0.25) is 0 Å². The Hall–Kier alpha value is -0.900. The summed E-state index contributed by atoms with van der Waals surface area (Å²) in [6.07, 6.45) is 1.05. The number of aryl methyl sites for hydroxylation is 1. The van der Waals surface area contributed by atoms with Crippen molar-refractivity contribution >= 4 is 9.84 Å². The van der Waals surface area contributed by atoms with Gasteiger partial charge >= 0.3 is 0 Å². The highest BCUT2D eigenvalue weighted by molar-refractivity contribution is 7.90. The van der Waals surface area contributed by atoms with E-state index in [1.807, 2.05) is 0 Å². The highest BCUT2D eigenvalue weighted by Gasteiger charge is 2.08. The third-order valence-electron chi connectivity index (χ3n) is 1.57. The van der Waals surface area contributed by atoms with Gasteiger partial charge in [-0.05, 0) is 24.6 Å². The summed E-state index contributed by atoms with van der Waals surface area (Å²) < 4.78 is 34.7. The van der Waals surface area contributed by atoms with E-state index in [1.54, 1.807) is 6.92 Å². The molecule has 0 radical (unpaired) electrons. The van der Waals surface area contributed by atoms with Crippen molar-refractivity contribution < 1.29 is 12.8 Å².